The summed E-state index contributed by atoms with van der Waals surface area (Å²) in [5.41, 5.74) is 4.07. The fraction of sp³-hybridized carbons (Fsp3) is 0.417. The van der Waals surface area contributed by atoms with E-state index in [1.165, 1.54) is 5.56 Å². The largest absolute Gasteiger partial charge is 0.369 e. The third kappa shape index (κ3) is 3.99. The van der Waals surface area contributed by atoms with Crippen LogP contribution in [0.2, 0.25) is 0 Å². The van der Waals surface area contributed by atoms with Crippen LogP contribution in [-0.2, 0) is 11.2 Å². The minimum Gasteiger partial charge on any atom is -0.369 e. The number of anilines is 2. The molecule has 0 aliphatic carbocycles. The van der Waals surface area contributed by atoms with Gasteiger partial charge in [-0.2, -0.15) is 5.26 Å². The molecule has 0 spiro atoms. The molecular formula is C24H28N4O. The van der Waals surface area contributed by atoms with E-state index < -0.39 is 0 Å². The number of aryl methyl sites for hydroxylation is 1. The van der Waals surface area contributed by atoms with Gasteiger partial charge in [0.15, 0.2) is 0 Å². The maximum absolute atomic E-state index is 13.4. The molecule has 5 nitrogen and oxygen atoms in total. The molecule has 5 heteroatoms. The number of nitrogens with zero attached hydrogens (tertiary/aromatic N) is 4. The van der Waals surface area contributed by atoms with Crippen LogP contribution in [0.5, 0.6) is 0 Å². The van der Waals surface area contributed by atoms with Crippen LogP contribution in [0.25, 0.3) is 0 Å². The fourth-order valence-electron chi connectivity index (χ4n) is 4.55. The van der Waals surface area contributed by atoms with Gasteiger partial charge in [0.1, 0.15) is 6.07 Å². The highest BCUT2D eigenvalue weighted by Gasteiger charge is 2.30. The molecule has 2 aromatic carbocycles. The standard InChI is InChI=1S/C24H28N4O/c1-19(24(29)28-15-6-10-20-8-2-5-12-23(20)28)26-13-7-14-27(17-16-26)22-11-4-3-9-21(22)18-25/h2-5,8-9,11-12,19H,6-7,10,13-17H2,1H3. The lowest BCUT2D eigenvalue weighted by Crippen LogP contribution is -2.49. The third-order valence-corrected chi connectivity index (χ3v) is 6.18. The summed E-state index contributed by atoms with van der Waals surface area (Å²) >= 11 is 0. The Hall–Kier alpha value is -2.84. The number of hydrogen-bond donors (Lipinski definition) is 0. The summed E-state index contributed by atoms with van der Waals surface area (Å²) in [5.74, 6) is 0.197. The number of carbonyl (C=O) groups is 1. The molecule has 2 aliphatic rings. The van der Waals surface area contributed by atoms with Gasteiger partial charge in [-0.15, -0.1) is 0 Å². The Labute approximate surface area is 173 Å². The van der Waals surface area contributed by atoms with E-state index in [9.17, 15) is 10.1 Å². The highest BCUT2D eigenvalue weighted by atomic mass is 16.2. The summed E-state index contributed by atoms with van der Waals surface area (Å²) < 4.78 is 0. The number of hydrogen-bond acceptors (Lipinski definition) is 4. The van der Waals surface area contributed by atoms with E-state index in [1.807, 2.05) is 42.2 Å². The first-order chi connectivity index (χ1) is 14.2. The summed E-state index contributed by atoms with van der Waals surface area (Å²) in [6, 6.07) is 18.2. The number of para-hydroxylation sites is 2. The molecule has 1 atom stereocenters. The van der Waals surface area contributed by atoms with E-state index >= 15 is 0 Å². The Morgan fingerprint density at radius 1 is 0.931 bits per heavy atom. The van der Waals surface area contributed by atoms with Gasteiger partial charge in [-0.1, -0.05) is 30.3 Å². The number of benzene rings is 2. The number of rotatable bonds is 3. The van der Waals surface area contributed by atoms with Gasteiger partial charge in [0.2, 0.25) is 5.91 Å². The van der Waals surface area contributed by atoms with Crippen molar-refractivity contribution >= 4 is 17.3 Å². The lowest BCUT2D eigenvalue weighted by molar-refractivity contribution is -0.123. The van der Waals surface area contributed by atoms with Crippen molar-refractivity contribution in [1.29, 1.82) is 5.26 Å². The molecule has 1 fully saturated rings. The number of carbonyl (C=O) groups excluding carboxylic acids is 1. The van der Waals surface area contributed by atoms with Gasteiger partial charge in [0, 0.05) is 38.4 Å². The van der Waals surface area contributed by atoms with Crippen LogP contribution >= 0.6 is 0 Å². The zero-order valence-corrected chi connectivity index (χ0v) is 17.1. The van der Waals surface area contributed by atoms with Crippen molar-refractivity contribution in [2.45, 2.75) is 32.2 Å². The van der Waals surface area contributed by atoms with Gasteiger partial charge in [0.25, 0.3) is 0 Å². The first-order valence-corrected chi connectivity index (χ1v) is 10.6. The van der Waals surface area contributed by atoms with E-state index in [0.29, 0.717) is 0 Å². The second kappa shape index (κ2) is 8.67. The first-order valence-electron chi connectivity index (χ1n) is 10.6. The first kappa shape index (κ1) is 19.5. The van der Waals surface area contributed by atoms with Crippen molar-refractivity contribution < 1.29 is 4.79 Å². The predicted octanol–water partition coefficient (Wildman–Crippen LogP) is 3.44. The van der Waals surface area contributed by atoms with Crippen LogP contribution in [0.1, 0.15) is 30.9 Å². The van der Waals surface area contributed by atoms with Gasteiger partial charge in [-0.05, 0) is 49.9 Å². The molecular weight excluding hydrogens is 360 g/mol. The molecule has 4 rings (SSSR count). The van der Waals surface area contributed by atoms with Gasteiger partial charge in [-0.25, -0.2) is 0 Å². The van der Waals surface area contributed by atoms with Crippen molar-refractivity contribution in [2.24, 2.45) is 0 Å². The summed E-state index contributed by atoms with van der Waals surface area (Å²) in [5, 5.41) is 9.42. The lowest BCUT2D eigenvalue weighted by Gasteiger charge is -2.35. The van der Waals surface area contributed by atoms with E-state index in [1.54, 1.807) is 0 Å². The van der Waals surface area contributed by atoms with E-state index in [0.717, 1.165) is 68.9 Å². The van der Waals surface area contributed by atoms with E-state index in [2.05, 4.69) is 34.1 Å². The highest BCUT2D eigenvalue weighted by molar-refractivity contribution is 5.98. The summed E-state index contributed by atoms with van der Waals surface area (Å²) in [6.45, 7) is 6.29. The summed E-state index contributed by atoms with van der Waals surface area (Å²) in [4.78, 5) is 19.9. The highest BCUT2D eigenvalue weighted by Crippen LogP contribution is 2.28. The average Bonchev–Trinajstić information content (AvgIpc) is 3.04. The van der Waals surface area contributed by atoms with Crippen LogP contribution in [0.15, 0.2) is 48.5 Å². The number of amides is 1. The molecule has 150 valence electrons. The zero-order chi connectivity index (χ0) is 20.2. The van der Waals surface area contributed by atoms with Gasteiger partial charge in [-0.3, -0.25) is 9.69 Å². The van der Waals surface area contributed by atoms with Crippen LogP contribution in [0.3, 0.4) is 0 Å². The lowest BCUT2D eigenvalue weighted by atomic mass is 10.0. The maximum atomic E-state index is 13.4. The molecule has 2 aliphatic heterocycles. The molecule has 29 heavy (non-hydrogen) atoms. The van der Waals surface area contributed by atoms with Gasteiger partial charge >= 0.3 is 0 Å². The van der Waals surface area contributed by atoms with Crippen molar-refractivity contribution in [3.05, 3.63) is 59.7 Å². The van der Waals surface area contributed by atoms with Crippen molar-refractivity contribution in [1.82, 2.24) is 4.90 Å². The number of fused-ring (bicyclic) bond motifs is 1. The Bertz CT molecular complexity index is 919. The van der Waals surface area contributed by atoms with Crippen molar-refractivity contribution in [2.75, 3.05) is 42.5 Å². The molecule has 1 unspecified atom stereocenters. The van der Waals surface area contributed by atoms with Crippen molar-refractivity contribution in [3.8, 4) is 6.07 Å². The molecule has 0 radical (unpaired) electrons. The third-order valence-electron chi connectivity index (χ3n) is 6.18. The molecule has 2 aromatic rings. The molecule has 2 heterocycles. The number of nitriles is 1. The van der Waals surface area contributed by atoms with Crippen LogP contribution in [-0.4, -0.2) is 49.6 Å². The summed E-state index contributed by atoms with van der Waals surface area (Å²) in [7, 11) is 0. The second-order valence-electron chi connectivity index (χ2n) is 7.90. The van der Waals surface area contributed by atoms with Gasteiger partial charge < -0.3 is 9.80 Å². The topological polar surface area (TPSA) is 50.6 Å². The Morgan fingerprint density at radius 3 is 2.52 bits per heavy atom. The van der Waals surface area contributed by atoms with Crippen LogP contribution in [0, 0.1) is 11.3 Å². The van der Waals surface area contributed by atoms with E-state index in [-0.39, 0.29) is 11.9 Å². The molecule has 0 saturated carbocycles. The minimum absolute atomic E-state index is 0.146. The zero-order valence-electron chi connectivity index (χ0n) is 17.1. The molecule has 1 amide bonds. The SMILES string of the molecule is CC(C(=O)N1CCCc2ccccc21)N1CCCN(c2ccccc2C#N)CC1. The van der Waals surface area contributed by atoms with Crippen LogP contribution < -0.4 is 9.80 Å². The van der Waals surface area contributed by atoms with Crippen molar-refractivity contribution in [3.63, 3.8) is 0 Å². The second-order valence-corrected chi connectivity index (χ2v) is 7.90. The molecule has 0 bridgehead atoms. The Morgan fingerprint density at radius 2 is 1.69 bits per heavy atom. The molecule has 1 saturated heterocycles. The minimum atomic E-state index is -0.146. The van der Waals surface area contributed by atoms with E-state index in [4.69, 9.17) is 0 Å². The quantitative estimate of drug-likeness (QED) is 0.808. The monoisotopic (exact) mass is 388 g/mol. The molecule has 0 N–H and O–H groups in total. The molecule has 0 aromatic heterocycles. The average molecular weight is 389 g/mol. The maximum Gasteiger partial charge on any atom is 0.244 e. The van der Waals surface area contributed by atoms with Crippen LogP contribution in [0.4, 0.5) is 11.4 Å². The smallest absolute Gasteiger partial charge is 0.244 e. The van der Waals surface area contributed by atoms with Gasteiger partial charge in [0.05, 0.1) is 17.3 Å². The predicted molar refractivity (Wildman–Crippen MR) is 116 cm³/mol. The Kier molecular flexibility index (Phi) is 5.82. The normalized spacial score (nSPS) is 18.5. The Balaban J connectivity index is 1.46. The summed E-state index contributed by atoms with van der Waals surface area (Å²) in [6.07, 6.45) is 3.05. The fourth-order valence-corrected chi connectivity index (χ4v) is 4.55.